The third-order valence-corrected chi connectivity index (χ3v) is 8.04. The number of benzene rings is 1. The van der Waals surface area contributed by atoms with Crippen molar-refractivity contribution in [3.05, 3.63) is 52.8 Å². The standard InChI is InChI=1S/C30H40N4O2/c1-19(2)29-26-16-23(6-7-27(26)32-30(29)24-14-20(3)31-21(4)15-24)22-8-11-34(12-9-22)28(35)17-33(5)25-10-13-36-18-25/h6-7,14-16,19,22,25,32H,8-13,17-18H2,1-5H3. The summed E-state index contributed by atoms with van der Waals surface area (Å²) in [5.74, 6) is 1.14. The van der Waals surface area contributed by atoms with Crippen molar-refractivity contribution < 1.29 is 9.53 Å². The SMILES string of the molecule is Cc1cc(-c2[nH]c3ccc(C4CCN(C(=O)CN(C)C5CCOC5)CC4)cc3c2C(C)C)cc(C)n1. The quantitative estimate of drug-likeness (QED) is 0.505. The lowest BCUT2D eigenvalue weighted by Crippen LogP contribution is -2.45. The van der Waals surface area contributed by atoms with Gasteiger partial charge in [0.05, 0.1) is 18.8 Å². The zero-order chi connectivity index (χ0) is 25.4. The number of aryl methyl sites for hydroxylation is 2. The van der Waals surface area contributed by atoms with Crippen molar-refractivity contribution in [2.75, 3.05) is 39.9 Å². The lowest BCUT2D eigenvalue weighted by Gasteiger charge is -2.34. The molecule has 1 N–H and O–H groups in total. The van der Waals surface area contributed by atoms with E-state index in [1.807, 2.05) is 7.05 Å². The van der Waals surface area contributed by atoms with Crippen LogP contribution in [0.1, 0.15) is 67.5 Å². The summed E-state index contributed by atoms with van der Waals surface area (Å²) in [6.07, 6.45) is 3.06. The molecule has 6 nitrogen and oxygen atoms in total. The Morgan fingerprint density at radius 2 is 1.86 bits per heavy atom. The highest BCUT2D eigenvalue weighted by atomic mass is 16.5. The van der Waals surface area contributed by atoms with E-state index in [1.54, 1.807) is 0 Å². The Bertz CT molecular complexity index is 1210. The molecule has 0 saturated carbocycles. The second-order valence-electron chi connectivity index (χ2n) is 11.1. The molecule has 1 aromatic carbocycles. The molecule has 1 amide bonds. The van der Waals surface area contributed by atoms with Gasteiger partial charge in [0, 0.05) is 53.6 Å². The number of H-pyrrole nitrogens is 1. The minimum atomic E-state index is 0.249. The summed E-state index contributed by atoms with van der Waals surface area (Å²) in [7, 11) is 2.05. The molecule has 6 heteroatoms. The number of hydrogen-bond acceptors (Lipinski definition) is 4. The number of aromatic amines is 1. The molecule has 1 atom stereocenters. The van der Waals surface area contributed by atoms with Gasteiger partial charge in [-0.25, -0.2) is 0 Å². The molecule has 2 aliphatic rings. The molecule has 2 fully saturated rings. The summed E-state index contributed by atoms with van der Waals surface area (Å²) in [5.41, 5.74) is 8.47. The lowest BCUT2D eigenvalue weighted by molar-refractivity contribution is -0.133. The van der Waals surface area contributed by atoms with E-state index in [0.29, 0.717) is 24.4 Å². The number of pyridine rings is 1. The van der Waals surface area contributed by atoms with Crippen LogP contribution >= 0.6 is 0 Å². The maximum absolute atomic E-state index is 12.9. The third kappa shape index (κ3) is 5.07. The van der Waals surface area contributed by atoms with Crippen LogP contribution in [0.4, 0.5) is 0 Å². The first kappa shape index (κ1) is 25.0. The van der Waals surface area contributed by atoms with Crippen LogP contribution in [-0.4, -0.2) is 71.6 Å². The van der Waals surface area contributed by atoms with Crippen molar-refractivity contribution in [1.82, 2.24) is 19.8 Å². The molecule has 1 unspecified atom stereocenters. The van der Waals surface area contributed by atoms with Crippen molar-refractivity contribution in [3.8, 4) is 11.3 Å². The number of aromatic nitrogens is 2. The minimum Gasteiger partial charge on any atom is -0.380 e. The first-order chi connectivity index (χ1) is 17.3. The van der Waals surface area contributed by atoms with Crippen molar-refractivity contribution in [2.24, 2.45) is 0 Å². The molecule has 36 heavy (non-hydrogen) atoms. The number of amides is 1. The van der Waals surface area contributed by atoms with Crippen LogP contribution in [0.25, 0.3) is 22.2 Å². The average molecular weight is 489 g/mol. The maximum Gasteiger partial charge on any atom is 0.236 e. The van der Waals surface area contributed by atoms with E-state index >= 15 is 0 Å². The number of carbonyl (C=O) groups excluding carboxylic acids is 1. The summed E-state index contributed by atoms with van der Waals surface area (Å²) < 4.78 is 5.49. The maximum atomic E-state index is 12.9. The summed E-state index contributed by atoms with van der Waals surface area (Å²) >= 11 is 0. The second-order valence-corrected chi connectivity index (χ2v) is 11.1. The number of likely N-dealkylation sites (tertiary alicyclic amines) is 1. The predicted octanol–water partition coefficient (Wildman–Crippen LogP) is 5.40. The monoisotopic (exact) mass is 488 g/mol. The van der Waals surface area contributed by atoms with Crippen molar-refractivity contribution in [2.45, 2.75) is 64.8 Å². The fourth-order valence-electron chi connectivity index (χ4n) is 6.06. The molecule has 0 spiro atoms. The fraction of sp³-hybridized carbons (Fsp3) is 0.533. The number of likely N-dealkylation sites (N-methyl/N-ethyl adjacent to an activating group) is 1. The van der Waals surface area contributed by atoms with Crippen molar-refractivity contribution >= 4 is 16.8 Å². The highest BCUT2D eigenvalue weighted by Gasteiger charge is 2.28. The van der Waals surface area contributed by atoms with Gasteiger partial charge in [0.1, 0.15) is 0 Å². The van der Waals surface area contributed by atoms with Gasteiger partial charge in [-0.3, -0.25) is 14.7 Å². The Morgan fingerprint density at radius 1 is 1.14 bits per heavy atom. The van der Waals surface area contributed by atoms with Crippen LogP contribution in [0.3, 0.4) is 0 Å². The molecule has 5 rings (SSSR count). The predicted molar refractivity (Wildman–Crippen MR) is 146 cm³/mol. The van der Waals surface area contributed by atoms with Crippen LogP contribution in [0.15, 0.2) is 30.3 Å². The number of nitrogens with zero attached hydrogens (tertiary/aromatic N) is 3. The van der Waals surface area contributed by atoms with Crippen molar-refractivity contribution in [3.63, 3.8) is 0 Å². The highest BCUT2D eigenvalue weighted by Crippen LogP contribution is 2.38. The molecular formula is C30H40N4O2. The molecule has 2 aromatic heterocycles. The van der Waals surface area contributed by atoms with Crippen LogP contribution in [0.2, 0.25) is 0 Å². The van der Waals surface area contributed by atoms with Crippen LogP contribution in [0, 0.1) is 13.8 Å². The molecule has 3 aromatic rings. The number of hydrogen-bond donors (Lipinski definition) is 1. The number of carbonyl (C=O) groups is 1. The molecule has 0 aliphatic carbocycles. The van der Waals surface area contributed by atoms with Gasteiger partial charge in [-0.1, -0.05) is 19.9 Å². The van der Waals surface area contributed by atoms with Crippen molar-refractivity contribution in [1.29, 1.82) is 0 Å². The Labute approximate surface area is 215 Å². The van der Waals surface area contributed by atoms with E-state index in [-0.39, 0.29) is 5.91 Å². The van der Waals surface area contributed by atoms with E-state index in [4.69, 9.17) is 4.74 Å². The zero-order valence-electron chi connectivity index (χ0n) is 22.4. The Balaban J connectivity index is 1.32. The smallest absolute Gasteiger partial charge is 0.236 e. The number of ether oxygens (including phenoxy) is 1. The summed E-state index contributed by atoms with van der Waals surface area (Å²) in [6.45, 7) is 12.4. The van der Waals surface area contributed by atoms with Crippen LogP contribution < -0.4 is 0 Å². The summed E-state index contributed by atoms with van der Waals surface area (Å²) in [5, 5.41) is 1.32. The van der Waals surface area contributed by atoms with Crippen LogP contribution in [0.5, 0.6) is 0 Å². The van der Waals surface area contributed by atoms with Gasteiger partial charge in [0.15, 0.2) is 0 Å². The molecule has 2 aliphatic heterocycles. The summed E-state index contributed by atoms with van der Waals surface area (Å²) in [4.78, 5) is 25.4. The van der Waals surface area contributed by atoms with Gasteiger partial charge in [0.2, 0.25) is 5.91 Å². The lowest BCUT2D eigenvalue weighted by atomic mass is 9.87. The number of piperidine rings is 1. The van der Waals surface area contributed by atoms with Gasteiger partial charge >= 0.3 is 0 Å². The Hall–Kier alpha value is -2.70. The van der Waals surface area contributed by atoms with Crippen LogP contribution in [-0.2, 0) is 9.53 Å². The first-order valence-corrected chi connectivity index (χ1v) is 13.5. The molecule has 0 radical (unpaired) electrons. The average Bonchev–Trinajstić information content (AvgIpc) is 3.51. The third-order valence-electron chi connectivity index (χ3n) is 8.04. The summed E-state index contributed by atoms with van der Waals surface area (Å²) in [6, 6.07) is 11.7. The molecule has 4 heterocycles. The molecule has 192 valence electrons. The minimum absolute atomic E-state index is 0.249. The molecule has 2 saturated heterocycles. The van der Waals surface area contributed by atoms with Gasteiger partial charge in [-0.05, 0) is 87.4 Å². The fourth-order valence-corrected chi connectivity index (χ4v) is 6.06. The number of nitrogens with one attached hydrogen (secondary N) is 1. The van der Waals surface area contributed by atoms with E-state index in [9.17, 15) is 4.79 Å². The van der Waals surface area contributed by atoms with E-state index in [0.717, 1.165) is 57.0 Å². The number of rotatable bonds is 6. The highest BCUT2D eigenvalue weighted by molar-refractivity contribution is 5.92. The zero-order valence-corrected chi connectivity index (χ0v) is 22.4. The van der Waals surface area contributed by atoms with Gasteiger partial charge in [0.25, 0.3) is 0 Å². The Morgan fingerprint density at radius 3 is 2.50 bits per heavy atom. The van der Waals surface area contributed by atoms with Gasteiger partial charge in [-0.2, -0.15) is 0 Å². The topological polar surface area (TPSA) is 61.5 Å². The van der Waals surface area contributed by atoms with Gasteiger partial charge < -0.3 is 14.6 Å². The van der Waals surface area contributed by atoms with E-state index in [1.165, 1.54) is 33.3 Å². The molecular weight excluding hydrogens is 448 g/mol. The van der Waals surface area contributed by atoms with E-state index < -0.39 is 0 Å². The van der Waals surface area contributed by atoms with Gasteiger partial charge in [-0.15, -0.1) is 0 Å². The largest absolute Gasteiger partial charge is 0.380 e. The van der Waals surface area contributed by atoms with E-state index in [2.05, 4.69) is 77.8 Å². The normalized spacial score (nSPS) is 19.2. The number of fused-ring (bicyclic) bond motifs is 1. The molecule has 0 bridgehead atoms. The Kier molecular flexibility index (Phi) is 7.18. The second kappa shape index (κ2) is 10.3. The first-order valence-electron chi connectivity index (χ1n) is 13.5.